The Hall–Kier alpha value is -0.126. The SMILES string of the molecule is O=[C-]Nc1nc2c(s1)C(=O)CCC2.[Y]. The second kappa shape index (κ2) is 5.10. The quantitative estimate of drug-likeness (QED) is 0.654. The molecule has 14 heavy (non-hydrogen) atoms. The van der Waals surface area contributed by atoms with Crippen molar-refractivity contribution in [3.05, 3.63) is 10.6 Å². The summed E-state index contributed by atoms with van der Waals surface area (Å²) >= 11 is 1.23. The summed E-state index contributed by atoms with van der Waals surface area (Å²) in [5, 5.41) is 2.80. The Morgan fingerprint density at radius 3 is 2.86 bits per heavy atom. The second-order valence-corrected chi connectivity index (χ2v) is 3.80. The van der Waals surface area contributed by atoms with Crippen LogP contribution < -0.4 is 5.32 Å². The third-order valence-corrected chi connectivity index (χ3v) is 2.98. The van der Waals surface area contributed by atoms with Crippen LogP contribution in [0.3, 0.4) is 0 Å². The Morgan fingerprint density at radius 2 is 2.21 bits per heavy atom. The molecular formula is C8H7N2O2SY-. The number of nitrogens with one attached hydrogen (secondary N) is 1. The van der Waals surface area contributed by atoms with Crippen molar-refractivity contribution in [2.75, 3.05) is 5.32 Å². The summed E-state index contributed by atoms with van der Waals surface area (Å²) in [6.45, 7) is 0. The van der Waals surface area contributed by atoms with Gasteiger partial charge in [0.1, 0.15) is 0 Å². The van der Waals surface area contributed by atoms with Crippen LogP contribution >= 0.6 is 11.3 Å². The zero-order chi connectivity index (χ0) is 9.26. The Bertz CT molecular complexity index is 364. The van der Waals surface area contributed by atoms with Crippen molar-refractivity contribution in [2.45, 2.75) is 19.3 Å². The maximum absolute atomic E-state index is 11.3. The van der Waals surface area contributed by atoms with Crippen LogP contribution in [0.1, 0.15) is 28.2 Å². The van der Waals surface area contributed by atoms with E-state index in [-0.39, 0.29) is 38.5 Å². The molecule has 0 aliphatic heterocycles. The predicted molar refractivity (Wildman–Crippen MR) is 48.7 cm³/mol. The van der Waals surface area contributed by atoms with Gasteiger partial charge >= 0.3 is 0 Å². The summed E-state index contributed by atoms with van der Waals surface area (Å²) in [5.41, 5.74) is 0.819. The molecule has 0 saturated heterocycles. The fourth-order valence-corrected chi connectivity index (χ4v) is 2.29. The maximum atomic E-state index is 11.3. The molecule has 2 rings (SSSR count). The Balaban J connectivity index is 0.000000980. The van der Waals surface area contributed by atoms with E-state index in [1.807, 2.05) is 0 Å². The molecule has 0 bridgehead atoms. The third kappa shape index (κ3) is 2.27. The van der Waals surface area contributed by atoms with Gasteiger partial charge in [-0.2, -0.15) is 11.3 Å². The summed E-state index contributed by atoms with van der Waals surface area (Å²) < 4.78 is 0. The number of nitrogens with zero attached hydrogens (tertiary/aromatic N) is 1. The average Bonchev–Trinajstić information content (AvgIpc) is 2.49. The van der Waals surface area contributed by atoms with E-state index in [0.29, 0.717) is 16.4 Å². The molecule has 6 heteroatoms. The van der Waals surface area contributed by atoms with Crippen LogP contribution in [0.4, 0.5) is 5.13 Å². The van der Waals surface area contributed by atoms with Crippen molar-refractivity contribution in [3.8, 4) is 0 Å². The number of ketones is 1. The second-order valence-electron chi connectivity index (χ2n) is 2.80. The Labute approximate surface area is 110 Å². The van der Waals surface area contributed by atoms with Gasteiger partial charge in [0, 0.05) is 50.0 Å². The molecule has 1 aliphatic rings. The molecule has 0 fully saturated rings. The zero-order valence-electron chi connectivity index (χ0n) is 7.37. The number of Topliss-reactive ketones (excluding diaryl/α,β-unsaturated/α-hetero) is 1. The molecular weight excluding hydrogens is 277 g/mol. The number of aryl methyl sites for hydroxylation is 1. The van der Waals surface area contributed by atoms with Crippen molar-refractivity contribution in [3.63, 3.8) is 0 Å². The summed E-state index contributed by atoms with van der Waals surface area (Å²) in [6.07, 6.45) is 3.83. The first-order valence-corrected chi connectivity index (χ1v) is 4.79. The molecule has 1 heterocycles. The van der Waals surface area contributed by atoms with Crippen LogP contribution in [0.5, 0.6) is 0 Å². The van der Waals surface area contributed by atoms with Gasteiger partial charge in [-0.3, -0.25) is 4.79 Å². The molecule has 0 unspecified atom stereocenters. The maximum Gasteiger partial charge on any atom is 0.173 e. The number of rotatable bonds is 2. The molecule has 1 radical (unpaired) electrons. The van der Waals surface area contributed by atoms with E-state index >= 15 is 0 Å². The van der Waals surface area contributed by atoms with E-state index < -0.39 is 0 Å². The molecule has 1 aromatic rings. The van der Waals surface area contributed by atoms with Crippen molar-refractivity contribution in [2.24, 2.45) is 0 Å². The first kappa shape index (κ1) is 11.9. The monoisotopic (exact) mass is 284 g/mol. The number of carbonyl (C=O) groups excluding carboxylic acids is 2. The van der Waals surface area contributed by atoms with Gasteiger partial charge < -0.3 is 15.1 Å². The number of carbonyl (C=O) groups is 1. The number of hydrogen-bond acceptors (Lipinski definition) is 4. The topological polar surface area (TPSA) is 59.1 Å². The van der Waals surface area contributed by atoms with E-state index in [4.69, 9.17) is 0 Å². The summed E-state index contributed by atoms with van der Waals surface area (Å²) in [6, 6.07) is 0. The first-order chi connectivity index (χ1) is 6.31. The van der Waals surface area contributed by atoms with E-state index in [1.54, 1.807) is 6.41 Å². The number of hydrogen-bond donors (Lipinski definition) is 1. The Kier molecular flexibility index (Phi) is 4.35. The van der Waals surface area contributed by atoms with Crippen LogP contribution in [-0.4, -0.2) is 17.2 Å². The summed E-state index contributed by atoms with van der Waals surface area (Å²) in [7, 11) is 0. The van der Waals surface area contributed by atoms with Crippen molar-refractivity contribution in [1.29, 1.82) is 0 Å². The van der Waals surface area contributed by atoms with Gasteiger partial charge in [0.25, 0.3) is 0 Å². The normalized spacial score (nSPS) is 14.1. The molecule has 0 spiro atoms. The van der Waals surface area contributed by atoms with Crippen LogP contribution in [0.2, 0.25) is 0 Å². The molecule has 4 nitrogen and oxygen atoms in total. The number of thiazole rings is 1. The van der Waals surface area contributed by atoms with E-state index in [0.717, 1.165) is 18.5 Å². The van der Waals surface area contributed by atoms with Crippen LogP contribution in [0.15, 0.2) is 0 Å². The minimum atomic E-state index is 0. The number of anilines is 1. The summed E-state index contributed by atoms with van der Waals surface area (Å²) in [4.78, 5) is 26.2. The van der Waals surface area contributed by atoms with Gasteiger partial charge in [-0.1, -0.05) is 0 Å². The molecule has 0 atom stereocenters. The fourth-order valence-electron chi connectivity index (χ4n) is 1.37. The third-order valence-electron chi connectivity index (χ3n) is 1.93. The largest absolute Gasteiger partial charge is 0.467 e. The van der Waals surface area contributed by atoms with Crippen LogP contribution in [-0.2, 0) is 43.9 Å². The standard InChI is InChI=1S/C8H7N2O2S.Y/c11-4-9-8-10-5-2-1-3-6(12)7(5)13-8;/h1-3H2,(H,9,10,11);/q-1;. The molecule has 0 aromatic carbocycles. The molecule has 1 amide bonds. The van der Waals surface area contributed by atoms with Crippen LogP contribution in [0.25, 0.3) is 0 Å². The van der Waals surface area contributed by atoms with Crippen molar-refractivity contribution in [1.82, 2.24) is 4.98 Å². The van der Waals surface area contributed by atoms with Gasteiger partial charge in [-0.05, 0) is 12.8 Å². The number of amides is 1. The number of fused-ring (bicyclic) bond motifs is 1. The minimum Gasteiger partial charge on any atom is -0.467 e. The molecule has 71 valence electrons. The minimum absolute atomic E-state index is 0. The molecule has 0 saturated carbocycles. The van der Waals surface area contributed by atoms with Gasteiger partial charge in [0.05, 0.1) is 11.3 Å². The van der Waals surface area contributed by atoms with Crippen LogP contribution in [0, 0.1) is 0 Å². The average molecular weight is 284 g/mol. The van der Waals surface area contributed by atoms with E-state index in [9.17, 15) is 9.59 Å². The fraction of sp³-hybridized carbons (Fsp3) is 0.375. The van der Waals surface area contributed by atoms with Gasteiger partial charge in [0.2, 0.25) is 0 Å². The van der Waals surface area contributed by atoms with Gasteiger partial charge in [-0.15, -0.1) is 0 Å². The molecule has 1 N–H and O–H groups in total. The Morgan fingerprint density at radius 1 is 1.43 bits per heavy atom. The molecule has 1 aromatic heterocycles. The van der Waals surface area contributed by atoms with E-state index in [2.05, 4.69) is 10.3 Å². The number of aromatic nitrogens is 1. The zero-order valence-corrected chi connectivity index (χ0v) is 11.0. The smallest absolute Gasteiger partial charge is 0.173 e. The van der Waals surface area contributed by atoms with Gasteiger partial charge in [0.15, 0.2) is 5.78 Å². The predicted octanol–water partition coefficient (Wildman–Crippen LogP) is 1.14. The molecule has 1 aliphatic carbocycles. The first-order valence-electron chi connectivity index (χ1n) is 3.97. The van der Waals surface area contributed by atoms with Gasteiger partial charge in [-0.25, -0.2) is 0 Å². The summed E-state index contributed by atoms with van der Waals surface area (Å²) in [5.74, 6) is 0.137. The van der Waals surface area contributed by atoms with E-state index in [1.165, 1.54) is 11.3 Å². The van der Waals surface area contributed by atoms with Crippen molar-refractivity contribution >= 4 is 28.7 Å². The van der Waals surface area contributed by atoms with Crippen molar-refractivity contribution < 1.29 is 42.3 Å².